The maximum Gasteiger partial charge on any atom is 0.220 e. The highest BCUT2D eigenvalue weighted by molar-refractivity contribution is 5.96. The Bertz CT molecular complexity index is 1110. The zero-order chi connectivity index (χ0) is 18.3. The van der Waals surface area contributed by atoms with Gasteiger partial charge in [-0.3, -0.25) is 0 Å². The first-order valence-electron chi connectivity index (χ1n) is 8.79. The zero-order valence-corrected chi connectivity index (χ0v) is 15.3. The highest BCUT2D eigenvalue weighted by Gasteiger charge is 2.17. The molecule has 0 radical (unpaired) electrons. The average molecular weight is 342 g/mol. The molecular weight excluding hydrogens is 321 g/mol. The van der Waals surface area contributed by atoms with Gasteiger partial charge < -0.3 is 0 Å². The van der Waals surface area contributed by atoms with Crippen LogP contribution in [-0.2, 0) is 7.05 Å². The van der Waals surface area contributed by atoms with Crippen molar-refractivity contribution in [3.63, 3.8) is 0 Å². The Kier molecular flexibility index (Phi) is 4.04. The summed E-state index contributed by atoms with van der Waals surface area (Å²) in [6.45, 7) is 4.27. The molecular formula is C24H21FN+. The summed E-state index contributed by atoms with van der Waals surface area (Å²) in [5.74, 6) is -0.211. The lowest BCUT2D eigenvalue weighted by Gasteiger charge is -2.10. The number of nitrogens with zero attached hydrogens (tertiary/aromatic N) is 1. The van der Waals surface area contributed by atoms with E-state index in [-0.39, 0.29) is 5.82 Å². The summed E-state index contributed by atoms with van der Waals surface area (Å²) in [5.41, 5.74) is 7.06. The molecule has 0 unspecified atom stereocenters. The Balaban J connectivity index is 2.00. The van der Waals surface area contributed by atoms with E-state index < -0.39 is 0 Å². The monoisotopic (exact) mass is 342 g/mol. The van der Waals surface area contributed by atoms with Crippen molar-refractivity contribution < 1.29 is 8.96 Å². The minimum absolute atomic E-state index is 0.211. The van der Waals surface area contributed by atoms with Crippen LogP contribution < -0.4 is 4.57 Å². The van der Waals surface area contributed by atoms with E-state index in [1.807, 2.05) is 12.1 Å². The lowest BCUT2D eigenvalue weighted by atomic mass is 9.95. The molecule has 0 bridgehead atoms. The number of rotatable bonds is 2. The van der Waals surface area contributed by atoms with Crippen LogP contribution >= 0.6 is 0 Å². The third-order valence-corrected chi connectivity index (χ3v) is 4.96. The van der Waals surface area contributed by atoms with Gasteiger partial charge in [0.2, 0.25) is 5.69 Å². The van der Waals surface area contributed by atoms with Crippen molar-refractivity contribution in [2.75, 3.05) is 0 Å². The van der Waals surface area contributed by atoms with Crippen LogP contribution in [0.5, 0.6) is 0 Å². The number of halogens is 1. The van der Waals surface area contributed by atoms with Gasteiger partial charge in [0, 0.05) is 11.6 Å². The van der Waals surface area contributed by atoms with Gasteiger partial charge in [0.15, 0.2) is 6.20 Å². The molecule has 0 aliphatic heterocycles. The Morgan fingerprint density at radius 1 is 0.769 bits per heavy atom. The largest absolute Gasteiger partial charge is 0.220 e. The third kappa shape index (κ3) is 2.88. The van der Waals surface area contributed by atoms with Crippen molar-refractivity contribution in [3.8, 4) is 22.4 Å². The molecule has 0 atom stereocenters. The molecule has 0 N–H and O–H groups in total. The van der Waals surface area contributed by atoms with E-state index in [1.54, 1.807) is 0 Å². The van der Waals surface area contributed by atoms with Crippen LogP contribution in [-0.4, -0.2) is 0 Å². The van der Waals surface area contributed by atoms with Gasteiger partial charge in [-0.15, -0.1) is 0 Å². The van der Waals surface area contributed by atoms with E-state index in [1.165, 1.54) is 45.3 Å². The van der Waals surface area contributed by atoms with E-state index in [0.29, 0.717) is 0 Å². The number of hydrogen-bond acceptors (Lipinski definition) is 0. The summed E-state index contributed by atoms with van der Waals surface area (Å²) in [6, 6.07) is 21.8. The van der Waals surface area contributed by atoms with Crippen molar-refractivity contribution >= 4 is 10.8 Å². The first-order chi connectivity index (χ1) is 12.5. The van der Waals surface area contributed by atoms with Gasteiger partial charge in [-0.2, -0.15) is 0 Å². The fourth-order valence-electron chi connectivity index (χ4n) is 3.51. The molecule has 0 saturated heterocycles. The van der Waals surface area contributed by atoms with Crippen LogP contribution in [0.25, 0.3) is 33.2 Å². The predicted molar refractivity (Wildman–Crippen MR) is 105 cm³/mol. The fourth-order valence-corrected chi connectivity index (χ4v) is 3.51. The minimum atomic E-state index is -0.211. The topological polar surface area (TPSA) is 3.88 Å². The van der Waals surface area contributed by atoms with Crippen LogP contribution in [0.4, 0.5) is 4.39 Å². The molecule has 0 aliphatic rings. The summed E-state index contributed by atoms with van der Waals surface area (Å²) >= 11 is 0. The van der Waals surface area contributed by atoms with Crippen molar-refractivity contribution in [3.05, 3.63) is 89.9 Å². The van der Waals surface area contributed by atoms with Crippen LogP contribution in [0.1, 0.15) is 11.1 Å². The number of benzene rings is 3. The molecule has 26 heavy (non-hydrogen) atoms. The summed E-state index contributed by atoms with van der Waals surface area (Å²) in [6.07, 6.45) is 2.11. The lowest BCUT2D eigenvalue weighted by Crippen LogP contribution is -2.30. The molecule has 1 aromatic heterocycles. The van der Waals surface area contributed by atoms with Gasteiger partial charge in [0.05, 0.1) is 5.39 Å². The second-order valence-corrected chi connectivity index (χ2v) is 6.90. The summed E-state index contributed by atoms with van der Waals surface area (Å²) in [7, 11) is 2.08. The molecule has 0 spiro atoms. The third-order valence-electron chi connectivity index (χ3n) is 4.96. The summed E-state index contributed by atoms with van der Waals surface area (Å²) < 4.78 is 15.5. The maximum atomic E-state index is 13.3. The average Bonchev–Trinajstić information content (AvgIpc) is 2.64. The maximum absolute atomic E-state index is 13.3. The molecule has 0 amide bonds. The van der Waals surface area contributed by atoms with Crippen molar-refractivity contribution in [1.82, 2.24) is 0 Å². The SMILES string of the molecule is Cc1ccc(C)c(-c2c3cc(-c4ccc(F)cc4)ccc3cc[n+]2C)c1. The van der Waals surface area contributed by atoms with Crippen molar-refractivity contribution in [2.45, 2.75) is 13.8 Å². The molecule has 128 valence electrons. The lowest BCUT2D eigenvalue weighted by molar-refractivity contribution is -0.659. The highest BCUT2D eigenvalue weighted by Crippen LogP contribution is 2.32. The Morgan fingerprint density at radius 3 is 2.27 bits per heavy atom. The van der Waals surface area contributed by atoms with E-state index in [9.17, 15) is 4.39 Å². The quantitative estimate of drug-likeness (QED) is 0.408. The first-order valence-corrected chi connectivity index (χ1v) is 8.79. The van der Waals surface area contributed by atoms with Gasteiger partial charge in [0.1, 0.15) is 12.9 Å². The van der Waals surface area contributed by atoms with Gasteiger partial charge in [-0.1, -0.05) is 42.0 Å². The van der Waals surface area contributed by atoms with E-state index in [2.05, 4.69) is 74.1 Å². The summed E-state index contributed by atoms with van der Waals surface area (Å²) in [5, 5.41) is 2.40. The summed E-state index contributed by atoms with van der Waals surface area (Å²) in [4.78, 5) is 0. The molecule has 0 saturated carbocycles. The van der Waals surface area contributed by atoms with Gasteiger partial charge in [-0.05, 0) is 60.2 Å². The molecule has 4 aromatic rings. The number of fused-ring (bicyclic) bond motifs is 1. The number of hydrogen-bond donors (Lipinski definition) is 0. The fraction of sp³-hybridized carbons (Fsp3) is 0.125. The van der Waals surface area contributed by atoms with Crippen molar-refractivity contribution in [2.24, 2.45) is 7.05 Å². The molecule has 0 fully saturated rings. The normalized spacial score (nSPS) is 11.1. The Labute approximate surface area is 153 Å². The van der Waals surface area contributed by atoms with Crippen LogP contribution in [0.2, 0.25) is 0 Å². The molecule has 2 heteroatoms. The Hall–Kier alpha value is -3.00. The van der Waals surface area contributed by atoms with E-state index in [4.69, 9.17) is 0 Å². The number of aryl methyl sites for hydroxylation is 3. The first kappa shape index (κ1) is 16.5. The van der Waals surface area contributed by atoms with E-state index in [0.717, 1.165) is 11.1 Å². The molecule has 3 aromatic carbocycles. The molecule has 1 nitrogen and oxygen atoms in total. The van der Waals surface area contributed by atoms with Crippen LogP contribution in [0, 0.1) is 19.7 Å². The van der Waals surface area contributed by atoms with Gasteiger partial charge in [0.25, 0.3) is 0 Å². The van der Waals surface area contributed by atoms with Gasteiger partial charge >= 0.3 is 0 Å². The predicted octanol–water partition coefficient (Wildman–Crippen LogP) is 5.75. The number of aromatic nitrogens is 1. The standard InChI is InChI=1S/C24H21FN/c1-16-4-5-17(2)22(14-16)24-23-15-20(18-8-10-21(25)11-9-18)7-6-19(23)12-13-26(24)3/h4-15H,1-3H3/q+1. The van der Waals surface area contributed by atoms with Crippen LogP contribution in [0.15, 0.2) is 72.9 Å². The second-order valence-electron chi connectivity index (χ2n) is 6.90. The molecule has 4 rings (SSSR count). The van der Waals surface area contributed by atoms with Crippen LogP contribution in [0.3, 0.4) is 0 Å². The Morgan fingerprint density at radius 2 is 1.50 bits per heavy atom. The smallest absolute Gasteiger partial charge is 0.207 e. The van der Waals surface area contributed by atoms with E-state index >= 15 is 0 Å². The second kappa shape index (κ2) is 6.38. The number of pyridine rings is 1. The highest BCUT2D eigenvalue weighted by atomic mass is 19.1. The minimum Gasteiger partial charge on any atom is -0.207 e. The zero-order valence-electron chi connectivity index (χ0n) is 15.3. The van der Waals surface area contributed by atoms with Crippen molar-refractivity contribution in [1.29, 1.82) is 0 Å². The molecule has 0 aliphatic carbocycles. The molecule has 1 heterocycles. The van der Waals surface area contributed by atoms with Gasteiger partial charge in [-0.25, -0.2) is 8.96 Å².